The second-order valence-electron chi connectivity index (χ2n) is 7.12. The highest BCUT2D eigenvalue weighted by molar-refractivity contribution is 6.35. The van der Waals surface area contributed by atoms with Gasteiger partial charge >= 0.3 is 0 Å². The first-order valence-electron chi connectivity index (χ1n) is 9.67. The third-order valence-corrected chi connectivity index (χ3v) is 5.73. The Morgan fingerprint density at radius 3 is 2.46 bits per heavy atom. The molecule has 0 radical (unpaired) electrons. The van der Waals surface area contributed by atoms with Crippen LogP contribution < -0.4 is 20.4 Å². The molecule has 1 fully saturated rings. The third-order valence-electron chi connectivity index (χ3n) is 5.17. The zero-order chi connectivity index (χ0) is 20.1. The summed E-state index contributed by atoms with van der Waals surface area (Å²) in [4.78, 5) is 16.5. The Morgan fingerprint density at radius 2 is 1.82 bits per heavy atom. The molecule has 1 amide bonds. The maximum absolute atomic E-state index is 12.5. The largest absolute Gasteiger partial charge is 0.374 e. The molecule has 3 rings (SSSR count). The standard InChI is InChI=1S/C21H26Cl2N4O/c1-3-26-10-12-27(13-11-26)18-7-5-17(6-8-18)24-15(2)21(28)25-20-14-16(22)4-9-19(20)23/h4-9,14-15,24H,3,10-13H2,1-2H3,(H,25,28)/p+1/t15-/m0/s1. The van der Waals surface area contributed by atoms with Crippen molar-refractivity contribution in [1.29, 1.82) is 0 Å². The fraction of sp³-hybridized carbons (Fsp3) is 0.381. The van der Waals surface area contributed by atoms with Gasteiger partial charge in [0.2, 0.25) is 5.91 Å². The first kappa shape index (κ1) is 20.8. The Hall–Kier alpha value is -1.95. The van der Waals surface area contributed by atoms with E-state index in [-0.39, 0.29) is 5.91 Å². The van der Waals surface area contributed by atoms with E-state index in [4.69, 9.17) is 23.2 Å². The van der Waals surface area contributed by atoms with Crippen molar-refractivity contribution in [2.24, 2.45) is 0 Å². The third kappa shape index (κ3) is 5.31. The number of likely N-dealkylation sites (N-methyl/N-ethyl adjacent to an activating group) is 1. The molecule has 5 nitrogen and oxygen atoms in total. The number of hydrogen-bond acceptors (Lipinski definition) is 3. The lowest BCUT2D eigenvalue weighted by Gasteiger charge is -2.33. The summed E-state index contributed by atoms with van der Waals surface area (Å²) in [6, 6.07) is 12.8. The molecule has 1 heterocycles. The lowest BCUT2D eigenvalue weighted by Crippen LogP contribution is -3.14. The van der Waals surface area contributed by atoms with E-state index in [1.807, 2.05) is 19.1 Å². The number of rotatable bonds is 6. The Kier molecular flexibility index (Phi) is 7.05. The number of amides is 1. The Balaban J connectivity index is 1.56. The van der Waals surface area contributed by atoms with Crippen molar-refractivity contribution in [3.05, 3.63) is 52.5 Å². The molecule has 28 heavy (non-hydrogen) atoms. The molecule has 0 unspecified atom stereocenters. The SMILES string of the molecule is CC[NH+]1CCN(c2ccc(N[C@@H](C)C(=O)Nc3cc(Cl)ccc3Cl)cc2)CC1. The second-order valence-corrected chi connectivity index (χ2v) is 7.96. The lowest BCUT2D eigenvalue weighted by molar-refractivity contribution is -0.898. The van der Waals surface area contributed by atoms with Crippen LogP contribution in [0.3, 0.4) is 0 Å². The summed E-state index contributed by atoms with van der Waals surface area (Å²) < 4.78 is 0. The van der Waals surface area contributed by atoms with Crippen LogP contribution in [-0.4, -0.2) is 44.7 Å². The predicted molar refractivity (Wildman–Crippen MR) is 118 cm³/mol. The van der Waals surface area contributed by atoms with Gasteiger partial charge in [-0.1, -0.05) is 23.2 Å². The molecule has 7 heteroatoms. The number of carbonyl (C=O) groups excluding carboxylic acids is 1. The highest BCUT2D eigenvalue weighted by atomic mass is 35.5. The normalized spacial score (nSPS) is 15.9. The van der Waals surface area contributed by atoms with E-state index in [1.165, 1.54) is 25.3 Å². The van der Waals surface area contributed by atoms with Gasteiger partial charge in [0.1, 0.15) is 6.04 Å². The van der Waals surface area contributed by atoms with Gasteiger partial charge < -0.3 is 20.4 Å². The molecule has 0 aliphatic carbocycles. The zero-order valence-electron chi connectivity index (χ0n) is 16.3. The smallest absolute Gasteiger partial charge is 0.246 e. The molecule has 1 aliphatic heterocycles. The van der Waals surface area contributed by atoms with Crippen molar-refractivity contribution in [3.63, 3.8) is 0 Å². The molecular formula is C21H27Cl2N4O+. The van der Waals surface area contributed by atoms with Crippen molar-refractivity contribution < 1.29 is 9.69 Å². The van der Waals surface area contributed by atoms with Crippen LogP contribution in [0.4, 0.5) is 17.1 Å². The molecule has 0 spiro atoms. The van der Waals surface area contributed by atoms with E-state index in [2.05, 4.69) is 34.6 Å². The molecule has 0 aromatic heterocycles. The van der Waals surface area contributed by atoms with Crippen LogP contribution in [0.15, 0.2) is 42.5 Å². The minimum absolute atomic E-state index is 0.174. The summed E-state index contributed by atoms with van der Waals surface area (Å²) in [7, 11) is 0. The molecule has 1 aliphatic rings. The summed E-state index contributed by atoms with van der Waals surface area (Å²) >= 11 is 12.1. The van der Waals surface area contributed by atoms with E-state index in [0.29, 0.717) is 15.7 Å². The van der Waals surface area contributed by atoms with Crippen LogP contribution in [-0.2, 0) is 4.79 Å². The Morgan fingerprint density at radius 1 is 1.14 bits per heavy atom. The molecule has 1 atom stereocenters. The molecule has 3 N–H and O–H groups in total. The summed E-state index contributed by atoms with van der Waals surface area (Å²) in [5.41, 5.74) is 2.64. The topological polar surface area (TPSA) is 48.8 Å². The van der Waals surface area contributed by atoms with Crippen LogP contribution in [0.2, 0.25) is 10.0 Å². The van der Waals surface area contributed by atoms with Gasteiger partial charge in [0, 0.05) is 16.4 Å². The first-order chi connectivity index (χ1) is 13.5. The van der Waals surface area contributed by atoms with Gasteiger partial charge in [-0.25, -0.2) is 0 Å². The lowest BCUT2D eigenvalue weighted by atomic mass is 10.2. The van der Waals surface area contributed by atoms with Gasteiger partial charge in [-0.15, -0.1) is 0 Å². The molecule has 150 valence electrons. The number of anilines is 3. The molecule has 2 aromatic rings. The van der Waals surface area contributed by atoms with E-state index < -0.39 is 6.04 Å². The minimum atomic E-state index is -0.419. The molecular weight excluding hydrogens is 395 g/mol. The van der Waals surface area contributed by atoms with Gasteiger partial charge in [0.05, 0.1) is 43.4 Å². The number of nitrogens with one attached hydrogen (secondary N) is 3. The number of nitrogens with zero attached hydrogens (tertiary/aromatic N) is 1. The average Bonchev–Trinajstić information content (AvgIpc) is 2.71. The fourth-order valence-corrected chi connectivity index (χ4v) is 3.69. The number of halogens is 2. The van der Waals surface area contributed by atoms with Crippen molar-refractivity contribution in [1.82, 2.24) is 0 Å². The summed E-state index contributed by atoms with van der Waals surface area (Å²) in [6.45, 7) is 9.76. The van der Waals surface area contributed by atoms with E-state index in [1.54, 1.807) is 23.1 Å². The van der Waals surface area contributed by atoms with Gasteiger partial charge in [-0.05, 0) is 56.3 Å². The quantitative estimate of drug-likeness (QED) is 0.671. The minimum Gasteiger partial charge on any atom is -0.374 e. The predicted octanol–water partition coefficient (Wildman–Crippen LogP) is 3.16. The summed E-state index contributed by atoms with van der Waals surface area (Å²) in [5, 5.41) is 7.03. The highest BCUT2D eigenvalue weighted by Crippen LogP contribution is 2.26. The molecule has 1 saturated heterocycles. The van der Waals surface area contributed by atoms with Crippen LogP contribution in [0.25, 0.3) is 0 Å². The molecule has 2 aromatic carbocycles. The number of carbonyl (C=O) groups is 1. The number of hydrogen-bond donors (Lipinski definition) is 3. The summed E-state index contributed by atoms with van der Waals surface area (Å²) in [5.74, 6) is -0.174. The van der Waals surface area contributed by atoms with Gasteiger partial charge in [-0.2, -0.15) is 0 Å². The summed E-state index contributed by atoms with van der Waals surface area (Å²) in [6.07, 6.45) is 0. The number of quaternary nitrogens is 1. The van der Waals surface area contributed by atoms with Crippen LogP contribution in [0.1, 0.15) is 13.8 Å². The molecule has 0 bridgehead atoms. The van der Waals surface area contributed by atoms with E-state index in [9.17, 15) is 4.79 Å². The van der Waals surface area contributed by atoms with Gasteiger partial charge in [0.15, 0.2) is 0 Å². The van der Waals surface area contributed by atoms with Crippen molar-refractivity contribution in [3.8, 4) is 0 Å². The monoisotopic (exact) mass is 421 g/mol. The van der Waals surface area contributed by atoms with Crippen molar-refractivity contribution in [2.75, 3.05) is 48.3 Å². The fourth-order valence-electron chi connectivity index (χ4n) is 3.35. The van der Waals surface area contributed by atoms with E-state index in [0.717, 1.165) is 18.8 Å². The van der Waals surface area contributed by atoms with Crippen molar-refractivity contribution >= 4 is 46.2 Å². The Labute approximate surface area is 176 Å². The second kappa shape index (κ2) is 9.50. The van der Waals surface area contributed by atoms with Gasteiger partial charge in [0.25, 0.3) is 0 Å². The molecule has 0 saturated carbocycles. The van der Waals surface area contributed by atoms with Crippen LogP contribution >= 0.6 is 23.2 Å². The van der Waals surface area contributed by atoms with Crippen LogP contribution in [0.5, 0.6) is 0 Å². The van der Waals surface area contributed by atoms with Crippen LogP contribution in [0, 0.1) is 0 Å². The number of benzene rings is 2. The van der Waals surface area contributed by atoms with E-state index >= 15 is 0 Å². The zero-order valence-corrected chi connectivity index (χ0v) is 17.8. The maximum atomic E-state index is 12.5. The number of piperazine rings is 1. The van der Waals surface area contributed by atoms with Crippen molar-refractivity contribution in [2.45, 2.75) is 19.9 Å². The van der Waals surface area contributed by atoms with Gasteiger partial charge in [-0.3, -0.25) is 4.79 Å². The average molecular weight is 422 g/mol. The highest BCUT2D eigenvalue weighted by Gasteiger charge is 2.19. The Bertz CT molecular complexity index is 805. The maximum Gasteiger partial charge on any atom is 0.246 e. The first-order valence-corrected chi connectivity index (χ1v) is 10.4.